The topological polar surface area (TPSA) is 88.3 Å². The number of likely N-dealkylation sites (tertiary alicyclic amines) is 1. The lowest BCUT2D eigenvalue weighted by atomic mass is 10.2. The highest BCUT2D eigenvalue weighted by molar-refractivity contribution is 7.18. The van der Waals surface area contributed by atoms with Crippen molar-refractivity contribution >= 4 is 33.4 Å². The van der Waals surface area contributed by atoms with Crippen molar-refractivity contribution in [3.8, 4) is 0 Å². The number of hydrogen-bond acceptors (Lipinski definition) is 5. The monoisotopic (exact) mass is 318 g/mol. The van der Waals surface area contributed by atoms with E-state index in [2.05, 4.69) is 10.3 Å². The molecule has 0 bridgehead atoms. The van der Waals surface area contributed by atoms with Crippen LogP contribution in [0.4, 0.5) is 0 Å². The van der Waals surface area contributed by atoms with Gasteiger partial charge in [-0.1, -0.05) is 12.1 Å². The lowest BCUT2D eigenvalue weighted by Gasteiger charge is -2.23. The van der Waals surface area contributed by atoms with Crippen molar-refractivity contribution < 1.29 is 9.59 Å². The molecule has 0 radical (unpaired) electrons. The van der Waals surface area contributed by atoms with E-state index in [-0.39, 0.29) is 30.9 Å². The van der Waals surface area contributed by atoms with Crippen LogP contribution in [-0.2, 0) is 9.59 Å². The van der Waals surface area contributed by atoms with Crippen LogP contribution < -0.4 is 11.1 Å². The third-order valence-corrected chi connectivity index (χ3v) is 4.93. The minimum atomic E-state index is -0.316. The van der Waals surface area contributed by atoms with E-state index in [0.717, 1.165) is 28.1 Å². The van der Waals surface area contributed by atoms with Gasteiger partial charge in [0.05, 0.1) is 29.3 Å². The van der Waals surface area contributed by atoms with Crippen molar-refractivity contribution in [3.05, 3.63) is 29.3 Å². The van der Waals surface area contributed by atoms with Crippen molar-refractivity contribution in [1.82, 2.24) is 15.2 Å². The zero-order valence-corrected chi connectivity index (χ0v) is 12.9. The maximum absolute atomic E-state index is 12.3. The number of aromatic nitrogens is 1. The number of carbonyl (C=O) groups excluding carboxylic acids is 2. The number of amides is 2. The number of nitrogens with zero attached hydrogens (tertiary/aromatic N) is 2. The number of carbonyl (C=O) groups is 2. The fourth-order valence-electron chi connectivity index (χ4n) is 2.70. The van der Waals surface area contributed by atoms with Crippen LogP contribution in [0.2, 0.25) is 0 Å². The van der Waals surface area contributed by atoms with Crippen molar-refractivity contribution in [2.45, 2.75) is 18.9 Å². The highest BCUT2D eigenvalue weighted by Crippen LogP contribution is 2.36. The molecule has 116 valence electrons. The Balaban J connectivity index is 1.75. The summed E-state index contributed by atoms with van der Waals surface area (Å²) in [7, 11) is 0. The Morgan fingerprint density at radius 3 is 3.00 bits per heavy atom. The first-order valence-electron chi connectivity index (χ1n) is 7.30. The summed E-state index contributed by atoms with van der Waals surface area (Å²) in [6, 6.07) is 7.99. The molecule has 1 aromatic heterocycles. The van der Waals surface area contributed by atoms with Crippen molar-refractivity contribution in [2.24, 2.45) is 5.73 Å². The number of fused-ring (bicyclic) bond motifs is 1. The molecule has 1 aliphatic rings. The van der Waals surface area contributed by atoms with E-state index < -0.39 is 0 Å². The molecular weight excluding hydrogens is 300 g/mol. The molecule has 3 N–H and O–H groups in total. The Morgan fingerprint density at radius 2 is 2.23 bits per heavy atom. The number of nitrogens with one attached hydrogen (secondary N) is 1. The molecule has 0 aliphatic carbocycles. The zero-order chi connectivity index (χ0) is 15.5. The predicted octanol–water partition coefficient (Wildman–Crippen LogP) is 1.03. The predicted molar refractivity (Wildman–Crippen MR) is 85.4 cm³/mol. The first kappa shape index (κ1) is 14.9. The van der Waals surface area contributed by atoms with E-state index in [9.17, 15) is 9.59 Å². The SMILES string of the molecule is NCC(=O)NCC(=O)N1CCCC1c1nc2ccccc2s1. The standard InChI is InChI=1S/C15H18N4O2S/c16-8-13(20)17-9-14(21)19-7-3-5-11(19)15-18-10-4-1-2-6-12(10)22-15/h1-2,4,6,11H,3,5,7-9,16H2,(H,17,20). The van der Waals surface area contributed by atoms with Gasteiger partial charge >= 0.3 is 0 Å². The average Bonchev–Trinajstić information content (AvgIpc) is 3.17. The van der Waals surface area contributed by atoms with E-state index in [1.54, 1.807) is 11.3 Å². The third kappa shape index (κ3) is 2.95. The first-order valence-corrected chi connectivity index (χ1v) is 8.12. The Hall–Kier alpha value is -1.99. The van der Waals surface area contributed by atoms with Gasteiger partial charge in [-0.15, -0.1) is 11.3 Å². The number of para-hydroxylation sites is 1. The Labute approximate surface area is 132 Å². The summed E-state index contributed by atoms with van der Waals surface area (Å²) in [6.45, 7) is 0.601. The molecule has 1 fully saturated rings. The van der Waals surface area contributed by atoms with E-state index in [4.69, 9.17) is 5.73 Å². The van der Waals surface area contributed by atoms with Gasteiger partial charge in [-0.25, -0.2) is 4.98 Å². The van der Waals surface area contributed by atoms with Crippen molar-refractivity contribution in [3.63, 3.8) is 0 Å². The number of thiazole rings is 1. The molecule has 2 heterocycles. The summed E-state index contributed by atoms with van der Waals surface area (Å²) in [5.74, 6) is -0.396. The second-order valence-electron chi connectivity index (χ2n) is 5.25. The van der Waals surface area contributed by atoms with Crippen LogP contribution in [-0.4, -0.2) is 41.3 Å². The fourth-order valence-corrected chi connectivity index (χ4v) is 3.82. The van der Waals surface area contributed by atoms with Gasteiger partial charge < -0.3 is 16.0 Å². The van der Waals surface area contributed by atoms with Crippen LogP contribution in [0.25, 0.3) is 10.2 Å². The largest absolute Gasteiger partial charge is 0.346 e. The van der Waals surface area contributed by atoms with Crippen molar-refractivity contribution in [1.29, 1.82) is 0 Å². The van der Waals surface area contributed by atoms with Crippen LogP contribution in [0.15, 0.2) is 24.3 Å². The highest BCUT2D eigenvalue weighted by Gasteiger charge is 2.32. The van der Waals surface area contributed by atoms with E-state index >= 15 is 0 Å². The smallest absolute Gasteiger partial charge is 0.242 e. The molecule has 3 rings (SSSR count). The quantitative estimate of drug-likeness (QED) is 0.881. The minimum absolute atomic E-state index is 0.00255. The molecule has 1 aromatic carbocycles. The molecule has 1 aliphatic heterocycles. The van der Waals surface area contributed by atoms with Gasteiger partial charge in [-0.05, 0) is 25.0 Å². The normalized spacial score (nSPS) is 17.9. The molecule has 2 amide bonds. The van der Waals surface area contributed by atoms with Gasteiger partial charge in [-0.3, -0.25) is 9.59 Å². The Kier molecular flexibility index (Phi) is 4.35. The maximum Gasteiger partial charge on any atom is 0.242 e. The minimum Gasteiger partial charge on any atom is -0.346 e. The maximum atomic E-state index is 12.3. The number of benzene rings is 1. The van der Waals surface area contributed by atoms with Gasteiger partial charge in [0, 0.05) is 6.54 Å². The molecule has 0 saturated carbocycles. The number of hydrogen-bond donors (Lipinski definition) is 2. The molecule has 2 aromatic rings. The summed E-state index contributed by atoms with van der Waals surface area (Å²) < 4.78 is 1.13. The average molecular weight is 318 g/mol. The van der Waals surface area contributed by atoms with Crippen LogP contribution in [0, 0.1) is 0 Å². The summed E-state index contributed by atoms with van der Waals surface area (Å²) in [6.07, 6.45) is 1.87. The molecule has 1 atom stereocenters. The highest BCUT2D eigenvalue weighted by atomic mass is 32.1. The van der Waals surface area contributed by atoms with Crippen LogP contribution in [0.5, 0.6) is 0 Å². The molecule has 1 unspecified atom stereocenters. The Bertz CT molecular complexity index is 667. The second kappa shape index (κ2) is 6.41. The first-order chi connectivity index (χ1) is 10.7. The summed E-state index contributed by atoms with van der Waals surface area (Å²) in [5.41, 5.74) is 6.20. The summed E-state index contributed by atoms with van der Waals surface area (Å²) in [4.78, 5) is 30.0. The van der Waals surface area contributed by atoms with Gasteiger partial charge in [0.2, 0.25) is 11.8 Å². The van der Waals surface area contributed by atoms with Crippen LogP contribution in [0.3, 0.4) is 0 Å². The van der Waals surface area contributed by atoms with Gasteiger partial charge in [0.15, 0.2) is 0 Å². The van der Waals surface area contributed by atoms with E-state index in [1.165, 1.54) is 0 Å². The van der Waals surface area contributed by atoms with Gasteiger partial charge in [0.25, 0.3) is 0 Å². The fraction of sp³-hybridized carbons (Fsp3) is 0.400. The molecule has 0 spiro atoms. The van der Waals surface area contributed by atoms with E-state index in [1.807, 2.05) is 29.2 Å². The third-order valence-electron chi connectivity index (χ3n) is 3.79. The summed E-state index contributed by atoms with van der Waals surface area (Å²) in [5, 5.41) is 3.51. The molecular formula is C15H18N4O2S. The van der Waals surface area contributed by atoms with Crippen LogP contribution >= 0.6 is 11.3 Å². The molecule has 22 heavy (non-hydrogen) atoms. The van der Waals surface area contributed by atoms with Crippen LogP contribution in [0.1, 0.15) is 23.9 Å². The van der Waals surface area contributed by atoms with Gasteiger partial charge in [-0.2, -0.15) is 0 Å². The number of rotatable bonds is 4. The Morgan fingerprint density at radius 1 is 1.41 bits per heavy atom. The summed E-state index contributed by atoms with van der Waals surface area (Å²) >= 11 is 1.63. The molecule has 7 heteroatoms. The zero-order valence-electron chi connectivity index (χ0n) is 12.1. The number of nitrogens with two attached hydrogens (primary N) is 1. The van der Waals surface area contributed by atoms with E-state index in [0.29, 0.717) is 6.54 Å². The van der Waals surface area contributed by atoms with Gasteiger partial charge in [0.1, 0.15) is 5.01 Å². The lowest BCUT2D eigenvalue weighted by Crippen LogP contribution is -2.41. The van der Waals surface area contributed by atoms with Crippen molar-refractivity contribution in [2.75, 3.05) is 19.6 Å². The second-order valence-corrected chi connectivity index (χ2v) is 6.31. The molecule has 1 saturated heterocycles. The lowest BCUT2D eigenvalue weighted by molar-refractivity contribution is -0.133. The molecule has 6 nitrogen and oxygen atoms in total.